The molecule has 3 heterocycles. The number of hydrogen-bond acceptors (Lipinski definition) is 6. The third kappa shape index (κ3) is 1.74. The van der Waals surface area contributed by atoms with E-state index in [1.54, 1.807) is 0 Å². The highest BCUT2D eigenvalue weighted by atomic mass is 16.7. The van der Waals surface area contributed by atoms with E-state index in [1.807, 2.05) is 24.1 Å². The number of likely N-dealkylation sites (tertiary alicyclic amines) is 1. The van der Waals surface area contributed by atoms with Gasteiger partial charge in [0, 0.05) is 11.5 Å². The molecular weight excluding hydrogens is 276 g/mol. The minimum Gasteiger partial charge on any atom is -0.454 e. The lowest BCUT2D eigenvalue weighted by atomic mass is 9.81. The number of fused-ring (bicyclic) bond motifs is 4. The van der Waals surface area contributed by atoms with Crippen LogP contribution in [-0.4, -0.2) is 48.9 Å². The van der Waals surface area contributed by atoms with E-state index >= 15 is 0 Å². The van der Waals surface area contributed by atoms with Gasteiger partial charge in [-0.15, -0.1) is 0 Å². The highest BCUT2D eigenvalue weighted by Gasteiger charge is 2.58. The second-order valence-corrected chi connectivity index (χ2v) is 6.01. The molecule has 0 aliphatic carbocycles. The van der Waals surface area contributed by atoms with Crippen LogP contribution in [0.4, 0.5) is 0 Å². The van der Waals surface area contributed by atoms with Crippen LogP contribution in [0, 0.1) is 10.1 Å². The van der Waals surface area contributed by atoms with Crippen molar-refractivity contribution < 1.29 is 19.1 Å². The van der Waals surface area contributed by atoms with Gasteiger partial charge in [0.05, 0.1) is 19.1 Å². The number of likely N-dealkylation sites (N-methyl/N-ethyl adjacent to an activating group) is 1. The van der Waals surface area contributed by atoms with Crippen LogP contribution >= 0.6 is 0 Å². The Balaban J connectivity index is 1.87. The summed E-state index contributed by atoms with van der Waals surface area (Å²) < 4.78 is 16.5. The van der Waals surface area contributed by atoms with E-state index in [0.717, 1.165) is 11.1 Å². The second kappa shape index (κ2) is 4.32. The molecule has 7 nitrogen and oxygen atoms in total. The predicted molar refractivity (Wildman–Crippen MR) is 72.2 cm³/mol. The molecule has 0 N–H and O–H groups in total. The Hall–Kier alpha value is -1.86. The lowest BCUT2D eigenvalue weighted by Gasteiger charge is -2.24. The molecule has 0 aromatic heterocycles. The van der Waals surface area contributed by atoms with E-state index in [9.17, 15) is 10.1 Å². The highest BCUT2D eigenvalue weighted by molar-refractivity contribution is 5.51. The summed E-state index contributed by atoms with van der Waals surface area (Å²) >= 11 is 0. The normalized spacial score (nSPS) is 30.6. The molecule has 7 heteroatoms. The molecule has 1 saturated heterocycles. The molecule has 1 aromatic rings. The predicted octanol–water partition coefficient (Wildman–Crippen LogP) is 0.990. The van der Waals surface area contributed by atoms with Gasteiger partial charge in [0.1, 0.15) is 6.61 Å². The first kappa shape index (κ1) is 12.8. The van der Waals surface area contributed by atoms with Crippen LogP contribution in [0.1, 0.15) is 17.0 Å². The van der Waals surface area contributed by atoms with Gasteiger partial charge in [-0.25, -0.2) is 0 Å². The summed E-state index contributed by atoms with van der Waals surface area (Å²) in [5.41, 5.74) is 0.842. The van der Waals surface area contributed by atoms with Gasteiger partial charge in [-0.1, -0.05) is 0 Å². The number of ether oxygens (including phenoxy) is 3. The van der Waals surface area contributed by atoms with E-state index < -0.39 is 5.54 Å². The van der Waals surface area contributed by atoms with Crippen LogP contribution in [0.5, 0.6) is 11.5 Å². The Labute approximate surface area is 121 Å². The fourth-order valence-electron chi connectivity index (χ4n) is 3.68. The van der Waals surface area contributed by atoms with Crippen molar-refractivity contribution in [3.05, 3.63) is 33.4 Å². The Kier molecular flexibility index (Phi) is 2.64. The van der Waals surface area contributed by atoms with Gasteiger partial charge >= 0.3 is 0 Å². The van der Waals surface area contributed by atoms with E-state index in [-0.39, 0.29) is 24.2 Å². The Bertz CT molecular complexity index is 620. The quantitative estimate of drug-likeness (QED) is 0.567. The zero-order valence-electron chi connectivity index (χ0n) is 11.7. The van der Waals surface area contributed by atoms with E-state index in [0.29, 0.717) is 31.2 Å². The minimum atomic E-state index is -1.08. The molecule has 0 radical (unpaired) electrons. The van der Waals surface area contributed by atoms with Crippen molar-refractivity contribution in [3.8, 4) is 11.5 Å². The van der Waals surface area contributed by atoms with Crippen molar-refractivity contribution in [3.63, 3.8) is 0 Å². The van der Waals surface area contributed by atoms with Gasteiger partial charge in [-0.3, -0.25) is 15.0 Å². The number of rotatable bonds is 1. The molecule has 21 heavy (non-hydrogen) atoms. The Morgan fingerprint density at radius 2 is 2.14 bits per heavy atom. The number of nitrogens with zero attached hydrogens (tertiary/aromatic N) is 2. The van der Waals surface area contributed by atoms with Crippen LogP contribution in [-0.2, 0) is 11.3 Å². The maximum absolute atomic E-state index is 11.7. The molecule has 4 rings (SSSR count). The van der Waals surface area contributed by atoms with Crippen LogP contribution in [0.2, 0.25) is 0 Å². The van der Waals surface area contributed by atoms with Gasteiger partial charge < -0.3 is 14.2 Å². The molecule has 3 aliphatic heterocycles. The molecule has 0 bridgehead atoms. The summed E-state index contributed by atoms with van der Waals surface area (Å²) in [4.78, 5) is 13.6. The maximum atomic E-state index is 11.7. The average molecular weight is 292 g/mol. The lowest BCUT2D eigenvalue weighted by Crippen LogP contribution is -2.48. The fraction of sp³-hybridized carbons (Fsp3) is 0.571. The second-order valence-electron chi connectivity index (χ2n) is 6.01. The molecule has 0 amide bonds. The third-order valence-electron chi connectivity index (χ3n) is 4.67. The van der Waals surface area contributed by atoms with Crippen molar-refractivity contribution >= 4 is 0 Å². The molecule has 0 saturated carbocycles. The topological polar surface area (TPSA) is 74.1 Å². The zero-order chi connectivity index (χ0) is 14.6. The van der Waals surface area contributed by atoms with Gasteiger partial charge in [0.25, 0.3) is 5.54 Å². The van der Waals surface area contributed by atoms with Gasteiger partial charge in [0.2, 0.25) is 6.79 Å². The minimum absolute atomic E-state index is 0.135. The molecular formula is C14H16N2O5. The van der Waals surface area contributed by atoms with Crippen LogP contribution in [0.25, 0.3) is 0 Å². The SMILES string of the molecule is CN1C[C@H]2c3cc4c(cc3COC[C@@]2([N+](=O)[O-])C1)OCO4. The summed E-state index contributed by atoms with van der Waals surface area (Å²) in [6.07, 6.45) is 0. The molecule has 3 aliphatic rings. The summed E-state index contributed by atoms with van der Waals surface area (Å²) in [5, 5.41) is 11.7. The van der Waals surface area contributed by atoms with Gasteiger partial charge in [0.15, 0.2) is 11.5 Å². The molecule has 2 atom stereocenters. The van der Waals surface area contributed by atoms with Gasteiger partial charge in [-0.2, -0.15) is 0 Å². The molecule has 1 aromatic carbocycles. The number of benzene rings is 1. The average Bonchev–Trinajstić information content (AvgIpc) is 2.98. The number of nitro groups is 1. The van der Waals surface area contributed by atoms with Crippen molar-refractivity contribution in [2.45, 2.75) is 18.1 Å². The molecule has 1 fully saturated rings. The smallest absolute Gasteiger partial charge is 0.265 e. The van der Waals surface area contributed by atoms with Crippen LogP contribution < -0.4 is 9.47 Å². The summed E-state index contributed by atoms with van der Waals surface area (Å²) in [6, 6.07) is 3.79. The van der Waals surface area contributed by atoms with E-state index in [1.165, 1.54) is 0 Å². The van der Waals surface area contributed by atoms with Crippen molar-refractivity contribution in [1.29, 1.82) is 0 Å². The molecule has 112 valence electrons. The van der Waals surface area contributed by atoms with Crippen LogP contribution in [0.3, 0.4) is 0 Å². The summed E-state index contributed by atoms with van der Waals surface area (Å²) in [7, 11) is 1.91. The summed E-state index contributed by atoms with van der Waals surface area (Å²) in [5.74, 6) is 1.17. The molecule has 0 spiro atoms. The van der Waals surface area contributed by atoms with E-state index in [4.69, 9.17) is 14.2 Å². The first-order chi connectivity index (χ1) is 10.1. The fourth-order valence-corrected chi connectivity index (χ4v) is 3.68. The lowest BCUT2D eigenvalue weighted by molar-refractivity contribution is -0.573. The van der Waals surface area contributed by atoms with Gasteiger partial charge in [-0.05, 0) is 30.3 Å². The van der Waals surface area contributed by atoms with Crippen molar-refractivity contribution in [1.82, 2.24) is 4.90 Å². The third-order valence-corrected chi connectivity index (χ3v) is 4.67. The standard InChI is InChI=1S/C14H16N2O5/c1-15-4-11-10-3-13-12(20-8-21-13)2-9(10)5-19-7-14(11,6-15)16(17)18/h2-3,11H,4-8H2,1H3/t11-,14-/m0/s1. The zero-order valence-corrected chi connectivity index (χ0v) is 11.7. The first-order valence-electron chi connectivity index (χ1n) is 6.93. The van der Waals surface area contributed by atoms with E-state index in [2.05, 4.69) is 0 Å². The Morgan fingerprint density at radius 3 is 2.90 bits per heavy atom. The highest BCUT2D eigenvalue weighted by Crippen LogP contribution is 2.45. The first-order valence-corrected chi connectivity index (χ1v) is 6.93. The number of hydrogen-bond donors (Lipinski definition) is 0. The van der Waals surface area contributed by atoms with Crippen molar-refractivity contribution in [2.75, 3.05) is 33.5 Å². The Morgan fingerprint density at radius 1 is 1.38 bits per heavy atom. The van der Waals surface area contributed by atoms with Crippen molar-refractivity contribution in [2.24, 2.45) is 0 Å². The maximum Gasteiger partial charge on any atom is 0.265 e. The van der Waals surface area contributed by atoms with Crippen LogP contribution in [0.15, 0.2) is 12.1 Å². The summed E-state index contributed by atoms with van der Waals surface area (Å²) in [6.45, 7) is 1.76. The largest absolute Gasteiger partial charge is 0.454 e. The molecule has 0 unspecified atom stereocenters. The monoisotopic (exact) mass is 292 g/mol.